The second kappa shape index (κ2) is 13.5. The first-order chi connectivity index (χ1) is 18.8. The van der Waals surface area contributed by atoms with E-state index in [1.165, 1.54) is 0 Å². The summed E-state index contributed by atoms with van der Waals surface area (Å²) in [7, 11) is 0. The van der Waals surface area contributed by atoms with Crippen molar-refractivity contribution in [2.45, 2.75) is 70.3 Å². The van der Waals surface area contributed by atoms with Crippen molar-refractivity contribution in [2.75, 3.05) is 19.6 Å². The van der Waals surface area contributed by atoms with Crippen molar-refractivity contribution in [2.24, 2.45) is 11.3 Å². The van der Waals surface area contributed by atoms with Gasteiger partial charge < -0.3 is 25.6 Å². The minimum absolute atomic E-state index is 0.151. The number of H-pyrrole nitrogens is 1. The summed E-state index contributed by atoms with van der Waals surface area (Å²) >= 11 is 12.3. The average molecular weight is 579 g/mol. The number of amides is 3. The van der Waals surface area contributed by atoms with Crippen molar-refractivity contribution in [1.29, 1.82) is 0 Å². The quantitative estimate of drug-likeness (QED) is 0.300. The highest BCUT2D eigenvalue weighted by molar-refractivity contribution is 6.42. The number of aromatic amines is 1. The van der Waals surface area contributed by atoms with E-state index in [4.69, 9.17) is 23.2 Å². The van der Waals surface area contributed by atoms with Crippen LogP contribution >= 0.6 is 23.2 Å². The van der Waals surface area contributed by atoms with Gasteiger partial charge in [0.2, 0.25) is 5.91 Å². The third-order valence-corrected chi connectivity index (χ3v) is 9.00. The van der Waals surface area contributed by atoms with Crippen LogP contribution in [-0.4, -0.2) is 63.6 Å². The van der Waals surface area contributed by atoms with Gasteiger partial charge in [-0.2, -0.15) is 0 Å². The van der Waals surface area contributed by atoms with Crippen LogP contribution in [0.5, 0.6) is 0 Å². The maximum absolute atomic E-state index is 13.7. The predicted octanol–water partition coefficient (Wildman–Crippen LogP) is 4.83. The average Bonchev–Trinajstić information content (AvgIpc) is 3.46. The van der Waals surface area contributed by atoms with Gasteiger partial charge in [0.25, 0.3) is 0 Å². The Morgan fingerprint density at radius 1 is 1.13 bits per heavy atom. The molecule has 212 valence electrons. The van der Waals surface area contributed by atoms with Crippen molar-refractivity contribution in [3.05, 3.63) is 52.0 Å². The number of nitrogens with zero attached hydrogens (tertiary/aromatic N) is 2. The van der Waals surface area contributed by atoms with Crippen LogP contribution in [0.3, 0.4) is 0 Å². The Morgan fingerprint density at radius 2 is 1.87 bits per heavy atom. The molecule has 0 bridgehead atoms. The lowest BCUT2D eigenvalue weighted by atomic mass is 9.64. The summed E-state index contributed by atoms with van der Waals surface area (Å²) in [5.74, 6) is -0.824. The molecule has 1 aromatic carbocycles. The smallest absolute Gasteiger partial charge is 0.315 e. The Kier molecular flexibility index (Phi) is 10.1. The molecule has 2 aliphatic rings. The van der Waals surface area contributed by atoms with Gasteiger partial charge in [0.1, 0.15) is 6.04 Å². The number of carbonyl (C=O) groups is 3. The van der Waals surface area contributed by atoms with Crippen LogP contribution in [0.1, 0.15) is 62.6 Å². The molecule has 1 aromatic heterocycles. The van der Waals surface area contributed by atoms with Crippen molar-refractivity contribution in [3.63, 3.8) is 0 Å². The SMILES string of the molecule is O=C(NCCCc1c[nH]cn1)N[C@H](Cc1ccc(Cl)c(Cl)c1)C(=O)N1CCC(C(=O)O)(C2CCCCC2)CC1. The maximum Gasteiger partial charge on any atom is 0.315 e. The van der Waals surface area contributed by atoms with Gasteiger partial charge in [-0.05, 0) is 62.1 Å². The molecule has 0 radical (unpaired) electrons. The molecular formula is C28H37Cl2N5O4. The molecule has 4 rings (SSSR count). The summed E-state index contributed by atoms with van der Waals surface area (Å²) in [6.45, 7) is 1.14. The second-order valence-electron chi connectivity index (χ2n) is 10.7. The molecule has 1 aliphatic heterocycles. The maximum atomic E-state index is 13.7. The van der Waals surface area contributed by atoms with Crippen LogP contribution in [0.15, 0.2) is 30.7 Å². The lowest BCUT2D eigenvalue weighted by Gasteiger charge is -2.45. The molecule has 2 heterocycles. The van der Waals surface area contributed by atoms with Crippen molar-refractivity contribution < 1.29 is 19.5 Å². The summed E-state index contributed by atoms with van der Waals surface area (Å²) < 4.78 is 0. The highest BCUT2D eigenvalue weighted by Gasteiger charge is 2.48. The molecular weight excluding hydrogens is 541 g/mol. The monoisotopic (exact) mass is 577 g/mol. The van der Waals surface area contributed by atoms with Gasteiger partial charge in [0.15, 0.2) is 0 Å². The minimum Gasteiger partial charge on any atom is -0.481 e. The van der Waals surface area contributed by atoms with Crippen LogP contribution in [0, 0.1) is 11.3 Å². The first-order valence-electron chi connectivity index (χ1n) is 13.8. The molecule has 2 fully saturated rings. The van der Waals surface area contributed by atoms with Crippen molar-refractivity contribution >= 4 is 41.1 Å². The van der Waals surface area contributed by atoms with E-state index >= 15 is 0 Å². The number of urea groups is 1. The van der Waals surface area contributed by atoms with Crippen LogP contribution in [0.25, 0.3) is 0 Å². The fourth-order valence-corrected chi connectivity index (χ4v) is 6.33. The summed E-state index contributed by atoms with van der Waals surface area (Å²) in [4.78, 5) is 47.7. The van der Waals surface area contributed by atoms with Crippen molar-refractivity contribution in [1.82, 2.24) is 25.5 Å². The van der Waals surface area contributed by atoms with Crippen LogP contribution in [0.4, 0.5) is 4.79 Å². The number of imidazole rings is 1. The molecule has 2 aromatic rings. The number of aliphatic carboxylic acids is 1. The third kappa shape index (κ3) is 7.45. The van der Waals surface area contributed by atoms with E-state index in [9.17, 15) is 19.5 Å². The number of benzene rings is 1. The van der Waals surface area contributed by atoms with E-state index in [1.807, 2.05) is 6.20 Å². The number of carboxylic acids is 1. The number of hydrogen-bond acceptors (Lipinski definition) is 4. The molecule has 9 nitrogen and oxygen atoms in total. The van der Waals surface area contributed by atoms with Gasteiger partial charge in [-0.1, -0.05) is 48.5 Å². The van der Waals surface area contributed by atoms with Crippen LogP contribution in [0.2, 0.25) is 10.0 Å². The zero-order valence-electron chi connectivity index (χ0n) is 22.1. The Hall–Kier alpha value is -2.78. The Morgan fingerprint density at radius 3 is 2.51 bits per heavy atom. The first kappa shape index (κ1) is 29.2. The Labute approximate surface area is 239 Å². The predicted molar refractivity (Wildman–Crippen MR) is 150 cm³/mol. The lowest BCUT2D eigenvalue weighted by molar-refractivity contribution is -0.160. The fourth-order valence-electron chi connectivity index (χ4n) is 6.01. The number of rotatable bonds is 10. The van der Waals surface area contributed by atoms with Crippen molar-refractivity contribution in [3.8, 4) is 0 Å². The van der Waals surface area contributed by atoms with Gasteiger partial charge in [0, 0.05) is 32.3 Å². The molecule has 1 saturated heterocycles. The number of halogens is 2. The highest BCUT2D eigenvalue weighted by Crippen LogP contribution is 2.46. The number of nitrogens with one attached hydrogen (secondary N) is 3. The second-order valence-corrected chi connectivity index (χ2v) is 11.5. The summed E-state index contributed by atoms with van der Waals surface area (Å²) in [6.07, 6.45) is 11.1. The minimum atomic E-state index is -0.833. The van der Waals surface area contributed by atoms with E-state index in [-0.39, 0.29) is 18.2 Å². The molecule has 1 saturated carbocycles. The molecule has 39 heavy (non-hydrogen) atoms. The van der Waals surface area contributed by atoms with Crippen LogP contribution in [-0.2, 0) is 22.4 Å². The number of aromatic nitrogens is 2. The largest absolute Gasteiger partial charge is 0.481 e. The summed E-state index contributed by atoms with van der Waals surface area (Å²) in [5, 5.41) is 16.7. The number of carbonyl (C=O) groups excluding carboxylic acids is 2. The lowest BCUT2D eigenvalue weighted by Crippen LogP contribution is -2.56. The molecule has 4 N–H and O–H groups in total. The summed E-state index contributed by atoms with van der Waals surface area (Å²) in [6, 6.07) is 3.88. The molecule has 0 spiro atoms. The number of carboxylic acid groups (broad SMARTS) is 1. The molecule has 1 atom stereocenters. The normalized spacial score (nSPS) is 18.4. The fraction of sp³-hybridized carbons (Fsp3) is 0.571. The molecule has 3 amide bonds. The standard InChI is InChI=1S/C28H37Cl2N5O4/c29-22-9-8-19(15-23(22)30)16-24(34-27(39)32-12-4-7-21-17-31-18-33-21)25(36)35-13-10-28(11-14-35,26(37)38)20-5-2-1-3-6-20/h8-9,15,17-18,20,24H,1-7,10-14,16H2,(H,31,33)(H,37,38)(H2,32,34,39)/t24-/m1/s1. The number of piperidine rings is 1. The number of aryl methyl sites for hydroxylation is 1. The first-order valence-corrected chi connectivity index (χ1v) is 14.5. The zero-order valence-corrected chi connectivity index (χ0v) is 23.6. The Balaban J connectivity index is 1.40. The molecule has 0 unspecified atom stereocenters. The van der Waals surface area contributed by atoms with E-state index in [1.54, 1.807) is 29.4 Å². The third-order valence-electron chi connectivity index (χ3n) is 8.26. The topological polar surface area (TPSA) is 127 Å². The van der Waals surface area contributed by atoms with E-state index in [2.05, 4.69) is 20.6 Å². The van der Waals surface area contributed by atoms with Gasteiger partial charge in [-0.3, -0.25) is 9.59 Å². The van der Waals surface area contributed by atoms with Gasteiger partial charge in [-0.15, -0.1) is 0 Å². The number of likely N-dealkylation sites (tertiary alicyclic amines) is 1. The number of hydrogen-bond donors (Lipinski definition) is 4. The summed E-state index contributed by atoms with van der Waals surface area (Å²) in [5.41, 5.74) is 0.900. The van der Waals surface area contributed by atoms with Gasteiger partial charge in [0.05, 0.1) is 27.5 Å². The zero-order chi connectivity index (χ0) is 27.8. The van der Waals surface area contributed by atoms with Gasteiger partial charge >= 0.3 is 12.0 Å². The highest BCUT2D eigenvalue weighted by atomic mass is 35.5. The Bertz CT molecular complexity index is 1130. The van der Waals surface area contributed by atoms with Crippen LogP contribution < -0.4 is 10.6 Å². The van der Waals surface area contributed by atoms with Gasteiger partial charge in [-0.25, -0.2) is 9.78 Å². The molecule has 11 heteroatoms. The van der Waals surface area contributed by atoms with E-state index in [0.717, 1.165) is 49.8 Å². The van der Waals surface area contributed by atoms with E-state index in [0.29, 0.717) is 48.9 Å². The molecule has 1 aliphatic carbocycles. The van der Waals surface area contributed by atoms with E-state index < -0.39 is 23.5 Å².